The second-order valence-corrected chi connectivity index (χ2v) is 4.82. The Morgan fingerprint density at radius 2 is 2.18 bits per heavy atom. The van der Waals surface area contributed by atoms with Gasteiger partial charge in [0.2, 0.25) is 0 Å². The van der Waals surface area contributed by atoms with Crippen LogP contribution in [0.2, 0.25) is 0 Å². The quantitative estimate of drug-likeness (QED) is 0.764. The molecule has 0 bridgehead atoms. The average molecular weight is 252 g/mol. The largest absolute Gasteiger partial charge is 0.497 e. The number of nitrogens with two attached hydrogens (primary N) is 1. The van der Waals surface area contributed by atoms with E-state index in [1.54, 1.807) is 7.11 Å². The van der Waals surface area contributed by atoms with Gasteiger partial charge in [0.25, 0.3) is 0 Å². The smallest absolute Gasteiger partial charge is 0.120 e. The van der Waals surface area contributed by atoms with E-state index in [1.807, 2.05) is 18.2 Å². The van der Waals surface area contributed by atoms with Crippen LogP contribution in [-0.4, -0.2) is 18.6 Å². The first-order chi connectivity index (χ1) is 8.04. The van der Waals surface area contributed by atoms with Crippen molar-refractivity contribution in [1.29, 1.82) is 0 Å². The van der Waals surface area contributed by atoms with Crippen LogP contribution in [0.5, 0.6) is 5.75 Å². The maximum atomic E-state index is 5.69. The second-order valence-electron chi connectivity index (χ2n) is 4.39. The van der Waals surface area contributed by atoms with Crippen LogP contribution in [0, 0.1) is 5.92 Å². The number of benzene rings is 1. The van der Waals surface area contributed by atoms with Crippen molar-refractivity contribution in [1.82, 2.24) is 0 Å². The molecule has 0 saturated carbocycles. The first-order valence-corrected chi connectivity index (χ1v) is 6.17. The maximum Gasteiger partial charge on any atom is 0.120 e. The summed E-state index contributed by atoms with van der Waals surface area (Å²) < 4.78 is 5.19. The lowest BCUT2D eigenvalue weighted by atomic mass is 10.1. The summed E-state index contributed by atoms with van der Waals surface area (Å²) in [5.41, 5.74) is 7.50. The van der Waals surface area contributed by atoms with Crippen LogP contribution in [0.15, 0.2) is 18.2 Å². The molecule has 1 aromatic carbocycles. The summed E-state index contributed by atoms with van der Waals surface area (Å²) >= 11 is 5.03. The first kappa shape index (κ1) is 13.8. The van der Waals surface area contributed by atoms with Gasteiger partial charge in [-0.2, -0.15) is 0 Å². The zero-order chi connectivity index (χ0) is 12.8. The monoisotopic (exact) mass is 252 g/mol. The second kappa shape index (κ2) is 6.45. The van der Waals surface area contributed by atoms with Crippen molar-refractivity contribution in [2.24, 2.45) is 11.7 Å². The van der Waals surface area contributed by atoms with Crippen molar-refractivity contribution in [3.63, 3.8) is 0 Å². The third-order valence-corrected chi connectivity index (χ3v) is 2.75. The maximum absolute atomic E-state index is 5.69. The highest BCUT2D eigenvalue weighted by molar-refractivity contribution is 7.80. The van der Waals surface area contributed by atoms with E-state index in [0.29, 0.717) is 10.9 Å². The van der Waals surface area contributed by atoms with E-state index < -0.39 is 0 Å². The normalized spacial score (nSPS) is 10.4. The summed E-state index contributed by atoms with van der Waals surface area (Å²) in [7, 11) is 1.65. The zero-order valence-corrected chi connectivity index (χ0v) is 11.4. The van der Waals surface area contributed by atoms with Gasteiger partial charge >= 0.3 is 0 Å². The molecule has 3 nitrogen and oxygen atoms in total. The highest BCUT2D eigenvalue weighted by Gasteiger charge is 2.06. The van der Waals surface area contributed by atoms with Gasteiger partial charge < -0.3 is 15.8 Å². The van der Waals surface area contributed by atoms with E-state index >= 15 is 0 Å². The fourth-order valence-electron chi connectivity index (χ4n) is 1.51. The van der Waals surface area contributed by atoms with Gasteiger partial charge in [-0.15, -0.1) is 0 Å². The molecule has 94 valence electrons. The number of hydrogen-bond acceptors (Lipinski definition) is 3. The highest BCUT2D eigenvalue weighted by atomic mass is 32.1. The molecule has 1 aromatic rings. The van der Waals surface area contributed by atoms with E-state index in [1.165, 1.54) is 0 Å². The van der Waals surface area contributed by atoms with Crippen LogP contribution in [-0.2, 0) is 0 Å². The molecular formula is C13H20N2OS. The van der Waals surface area contributed by atoms with Gasteiger partial charge in [-0.3, -0.25) is 0 Å². The number of methoxy groups -OCH3 is 1. The molecule has 0 heterocycles. The highest BCUT2D eigenvalue weighted by Crippen LogP contribution is 2.22. The van der Waals surface area contributed by atoms with Gasteiger partial charge in [-0.1, -0.05) is 26.1 Å². The van der Waals surface area contributed by atoms with Crippen molar-refractivity contribution in [2.45, 2.75) is 20.3 Å². The molecule has 0 saturated heterocycles. The molecular weight excluding hydrogens is 232 g/mol. The van der Waals surface area contributed by atoms with Gasteiger partial charge in [0, 0.05) is 23.9 Å². The Hall–Kier alpha value is -1.29. The molecule has 0 aliphatic rings. The third-order valence-electron chi connectivity index (χ3n) is 2.53. The molecule has 0 spiro atoms. The molecule has 0 amide bonds. The lowest BCUT2D eigenvalue weighted by Crippen LogP contribution is -2.14. The van der Waals surface area contributed by atoms with Crippen LogP contribution in [0.25, 0.3) is 0 Å². The Morgan fingerprint density at radius 3 is 2.71 bits per heavy atom. The van der Waals surface area contributed by atoms with Crippen LogP contribution in [0.1, 0.15) is 25.8 Å². The molecule has 0 unspecified atom stereocenters. The van der Waals surface area contributed by atoms with Crippen molar-refractivity contribution >= 4 is 22.9 Å². The molecule has 3 N–H and O–H groups in total. The fourth-order valence-corrected chi connectivity index (χ4v) is 1.68. The van der Waals surface area contributed by atoms with Gasteiger partial charge in [-0.25, -0.2) is 0 Å². The number of hydrogen-bond donors (Lipinski definition) is 2. The minimum Gasteiger partial charge on any atom is -0.497 e. The lowest BCUT2D eigenvalue weighted by molar-refractivity contribution is 0.415. The Labute approximate surface area is 108 Å². The van der Waals surface area contributed by atoms with Crippen molar-refractivity contribution < 1.29 is 4.74 Å². The molecule has 0 aromatic heterocycles. The molecule has 0 aliphatic heterocycles. The van der Waals surface area contributed by atoms with Crippen molar-refractivity contribution in [2.75, 3.05) is 19.0 Å². The Bertz CT molecular complexity index is 391. The minimum atomic E-state index is 0.403. The SMILES string of the molecule is COc1ccc(C(N)=S)c(NCCC(C)C)c1. The zero-order valence-electron chi connectivity index (χ0n) is 10.6. The van der Waals surface area contributed by atoms with Gasteiger partial charge in [0.05, 0.1) is 7.11 Å². The number of anilines is 1. The molecule has 4 heteroatoms. The number of ether oxygens (including phenoxy) is 1. The standard InChI is InChI=1S/C13H20N2OS/c1-9(2)6-7-15-12-8-10(16-3)4-5-11(12)13(14)17/h4-5,8-9,15H,6-7H2,1-3H3,(H2,14,17). The van der Waals surface area contributed by atoms with Crippen LogP contribution >= 0.6 is 12.2 Å². The molecule has 0 aliphatic carbocycles. The Morgan fingerprint density at radius 1 is 1.47 bits per heavy atom. The third kappa shape index (κ3) is 4.23. The Balaban J connectivity index is 2.82. The average Bonchev–Trinajstić information content (AvgIpc) is 2.28. The summed E-state index contributed by atoms with van der Waals surface area (Å²) in [6, 6.07) is 5.68. The summed E-state index contributed by atoms with van der Waals surface area (Å²) in [5.74, 6) is 1.47. The minimum absolute atomic E-state index is 0.403. The predicted molar refractivity (Wildman–Crippen MR) is 76.8 cm³/mol. The van der Waals surface area contributed by atoms with Crippen molar-refractivity contribution in [3.8, 4) is 5.75 Å². The topological polar surface area (TPSA) is 47.3 Å². The van der Waals surface area contributed by atoms with Gasteiger partial charge in [0.1, 0.15) is 10.7 Å². The summed E-state index contributed by atoms with van der Waals surface area (Å²) in [4.78, 5) is 0.403. The van der Waals surface area contributed by atoms with Crippen LogP contribution < -0.4 is 15.8 Å². The molecule has 17 heavy (non-hydrogen) atoms. The lowest BCUT2D eigenvalue weighted by Gasteiger charge is -2.13. The van der Waals surface area contributed by atoms with E-state index in [-0.39, 0.29) is 0 Å². The number of nitrogens with one attached hydrogen (secondary N) is 1. The number of rotatable bonds is 6. The van der Waals surface area contributed by atoms with Gasteiger partial charge in [-0.05, 0) is 24.5 Å². The van der Waals surface area contributed by atoms with Gasteiger partial charge in [0.15, 0.2) is 0 Å². The molecule has 1 rings (SSSR count). The first-order valence-electron chi connectivity index (χ1n) is 5.76. The van der Waals surface area contributed by atoms with Crippen molar-refractivity contribution in [3.05, 3.63) is 23.8 Å². The molecule has 0 fully saturated rings. The van der Waals surface area contributed by atoms with E-state index in [4.69, 9.17) is 22.7 Å². The predicted octanol–water partition coefficient (Wildman–Crippen LogP) is 2.79. The van der Waals surface area contributed by atoms with Crippen LogP contribution in [0.4, 0.5) is 5.69 Å². The Kier molecular flexibility index (Phi) is 5.22. The van der Waals surface area contributed by atoms with E-state index in [2.05, 4.69) is 19.2 Å². The molecule has 0 radical (unpaired) electrons. The van der Waals surface area contributed by atoms with Crippen LogP contribution in [0.3, 0.4) is 0 Å². The molecule has 0 atom stereocenters. The summed E-state index contributed by atoms with van der Waals surface area (Å²) in [6.45, 7) is 5.30. The van der Waals surface area contributed by atoms with E-state index in [9.17, 15) is 0 Å². The summed E-state index contributed by atoms with van der Waals surface area (Å²) in [6.07, 6.45) is 1.11. The number of thiocarbonyl (C=S) groups is 1. The fraction of sp³-hybridized carbons (Fsp3) is 0.462. The van der Waals surface area contributed by atoms with E-state index in [0.717, 1.165) is 30.0 Å². The summed E-state index contributed by atoms with van der Waals surface area (Å²) in [5, 5.41) is 3.35.